The van der Waals surface area contributed by atoms with Crippen LogP contribution >= 0.6 is 0 Å². The Morgan fingerprint density at radius 2 is 1.70 bits per heavy atom. The van der Waals surface area contributed by atoms with Gasteiger partial charge in [0.25, 0.3) is 5.91 Å². The Kier molecular flexibility index (Phi) is 7.54. The van der Waals surface area contributed by atoms with Crippen molar-refractivity contribution in [3.63, 3.8) is 0 Å². The Balaban J connectivity index is 1.61. The number of aryl methyl sites for hydroxylation is 1. The molecule has 2 aliphatic rings. The van der Waals surface area contributed by atoms with E-state index in [9.17, 15) is 18.0 Å². The molecule has 1 aromatic rings. The first-order valence-electron chi connectivity index (χ1n) is 10.8. The van der Waals surface area contributed by atoms with E-state index in [4.69, 9.17) is 0 Å². The maximum Gasteiger partial charge on any atom is 0.270 e. The van der Waals surface area contributed by atoms with Crippen LogP contribution in [0.2, 0.25) is 0 Å². The molecular weight excluding hydrogens is 406 g/mol. The molecule has 3 heterocycles. The van der Waals surface area contributed by atoms with Gasteiger partial charge in [0.2, 0.25) is 15.9 Å². The Bertz CT molecular complexity index is 853. The zero-order valence-electron chi connectivity index (χ0n) is 18.0. The number of piperidine rings is 1. The molecule has 30 heavy (non-hydrogen) atoms. The van der Waals surface area contributed by atoms with E-state index >= 15 is 0 Å². The number of carbonyl (C=O) groups is 2. The summed E-state index contributed by atoms with van der Waals surface area (Å²) in [5, 5.41) is 2.87. The first-order valence-corrected chi connectivity index (χ1v) is 12.2. The quantitative estimate of drug-likeness (QED) is 0.667. The Hall–Kier alpha value is -1.91. The summed E-state index contributed by atoms with van der Waals surface area (Å²) in [7, 11) is -1.86. The molecule has 0 aliphatic carbocycles. The minimum absolute atomic E-state index is 0.00613. The number of piperazine rings is 1. The molecule has 2 fully saturated rings. The van der Waals surface area contributed by atoms with Crippen molar-refractivity contribution in [2.24, 2.45) is 7.05 Å². The number of nitrogens with zero attached hydrogens (tertiary/aromatic N) is 4. The van der Waals surface area contributed by atoms with E-state index in [1.807, 2.05) is 11.8 Å². The second-order valence-corrected chi connectivity index (χ2v) is 9.99. The lowest BCUT2D eigenvalue weighted by Crippen LogP contribution is -2.51. The van der Waals surface area contributed by atoms with Crippen molar-refractivity contribution in [3.8, 4) is 0 Å². The average molecular weight is 440 g/mol. The number of hydrogen-bond donors (Lipinski definition) is 1. The Labute approximate surface area is 179 Å². The summed E-state index contributed by atoms with van der Waals surface area (Å²) in [6.07, 6.45) is 5.24. The molecular formula is C20H33N5O4S. The van der Waals surface area contributed by atoms with E-state index < -0.39 is 10.0 Å². The third-order valence-electron chi connectivity index (χ3n) is 5.75. The van der Waals surface area contributed by atoms with Crippen molar-refractivity contribution in [2.45, 2.75) is 37.5 Å². The van der Waals surface area contributed by atoms with Crippen molar-refractivity contribution in [1.29, 1.82) is 0 Å². The molecule has 1 N–H and O–H groups in total. The number of carbonyl (C=O) groups excluding carboxylic acids is 2. The van der Waals surface area contributed by atoms with Crippen molar-refractivity contribution in [3.05, 3.63) is 18.0 Å². The van der Waals surface area contributed by atoms with Crippen molar-refractivity contribution >= 4 is 21.8 Å². The summed E-state index contributed by atoms with van der Waals surface area (Å²) < 4.78 is 28.9. The van der Waals surface area contributed by atoms with E-state index in [0.29, 0.717) is 58.1 Å². The summed E-state index contributed by atoms with van der Waals surface area (Å²) in [5.41, 5.74) is 0.375. The van der Waals surface area contributed by atoms with E-state index in [2.05, 4.69) is 5.32 Å². The lowest BCUT2D eigenvalue weighted by atomic mass is 10.2. The third kappa shape index (κ3) is 5.22. The number of aromatic nitrogens is 1. The Morgan fingerprint density at radius 3 is 2.33 bits per heavy atom. The maximum absolute atomic E-state index is 13.0. The molecule has 0 spiro atoms. The zero-order valence-corrected chi connectivity index (χ0v) is 18.8. The van der Waals surface area contributed by atoms with Crippen LogP contribution in [-0.4, -0.2) is 91.3 Å². The SMILES string of the molecule is CCCNC(=O)CN1CCN(C(=O)c2cc(S(=O)(=O)N3CCCCC3)cn2C)CC1. The van der Waals surface area contributed by atoms with Gasteiger partial charge in [0.15, 0.2) is 0 Å². The monoisotopic (exact) mass is 439 g/mol. The lowest BCUT2D eigenvalue weighted by molar-refractivity contribution is -0.122. The number of rotatable bonds is 7. The van der Waals surface area contributed by atoms with E-state index in [1.54, 1.807) is 16.5 Å². The molecule has 0 unspecified atom stereocenters. The van der Waals surface area contributed by atoms with Gasteiger partial charge in [-0.1, -0.05) is 13.3 Å². The summed E-state index contributed by atoms with van der Waals surface area (Å²) in [6.45, 7) is 6.36. The van der Waals surface area contributed by atoms with Crippen LogP contribution in [0.5, 0.6) is 0 Å². The smallest absolute Gasteiger partial charge is 0.270 e. The highest BCUT2D eigenvalue weighted by Gasteiger charge is 2.30. The van der Waals surface area contributed by atoms with E-state index in [-0.39, 0.29) is 16.7 Å². The molecule has 0 aromatic carbocycles. The molecule has 2 amide bonds. The number of hydrogen-bond acceptors (Lipinski definition) is 5. The number of nitrogens with one attached hydrogen (secondary N) is 1. The predicted molar refractivity (Wildman–Crippen MR) is 114 cm³/mol. The van der Waals surface area contributed by atoms with Crippen LogP contribution in [-0.2, 0) is 21.9 Å². The molecule has 9 nitrogen and oxygen atoms in total. The van der Waals surface area contributed by atoms with Gasteiger partial charge in [-0.05, 0) is 25.3 Å². The second-order valence-electron chi connectivity index (χ2n) is 8.05. The van der Waals surface area contributed by atoms with Crippen LogP contribution in [0, 0.1) is 0 Å². The maximum atomic E-state index is 13.0. The normalized spacial score (nSPS) is 19.1. The molecule has 2 saturated heterocycles. The van der Waals surface area contributed by atoms with Crippen LogP contribution in [0.15, 0.2) is 17.2 Å². The molecule has 1 aromatic heterocycles. The standard InChI is InChI=1S/C20H33N5O4S/c1-3-7-21-19(26)16-23-10-12-24(13-11-23)20(27)18-14-17(15-22(18)2)30(28,29)25-8-5-4-6-9-25/h14-15H,3-13,16H2,1-2H3,(H,21,26). The van der Waals surface area contributed by atoms with Gasteiger partial charge in [-0.3, -0.25) is 14.5 Å². The molecule has 2 aliphatic heterocycles. The largest absolute Gasteiger partial charge is 0.355 e. The van der Waals surface area contributed by atoms with Crippen molar-refractivity contribution < 1.29 is 18.0 Å². The van der Waals surface area contributed by atoms with Crippen LogP contribution in [0.4, 0.5) is 0 Å². The van der Waals surface area contributed by atoms with E-state index in [0.717, 1.165) is 25.7 Å². The zero-order chi connectivity index (χ0) is 21.7. The number of sulfonamides is 1. The molecule has 3 rings (SSSR count). The summed E-state index contributed by atoms with van der Waals surface area (Å²) >= 11 is 0. The van der Waals surface area contributed by atoms with Crippen LogP contribution in [0.25, 0.3) is 0 Å². The van der Waals surface area contributed by atoms with E-state index in [1.165, 1.54) is 16.6 Å². The minimum Gasteiger partial charge on any atom is -0.355 e. The third-order valence-corrected chi connectivity index (χ3v) is 7.61. The first-order chi connectivity index (χ1) is 14.3. The topological polar surface area (TPSA) is 95.0 Å². The number of amides is 2. The molecule has 0 saturated carbocycles. The Morgan fingerprint density at radius 1 is 1.03 bits per heavy atom. The van der Waals surface area contributed by atoms with Crippen LogP contribution in [0.3, 0.4) is 0 Å². The van der Waals surface area contributed by atoms with Gasteiger partial charge in [-0.2, -0.15) is 4.31 Å². The molecule has 168 valence electrons. The fourth-order valence-electron chi connectivity index (χ4n) is 3.94. The van der Waals surface area contributed by atoms with Gasteiger partial charge >= 0.3 is 0 Å². The molecule has 10 heteroatoms. The van der Waals surface area contributed by atoms with Gasteiger partial charge in [-0.25, -0.2) is 8.42 Å². The van der Waals surface area contributed by atoms with Crippen LogP contribution < -0.4 is 5.32 Å². The summed E-state index contributed by atoms with van der Waals surface area (Å²) in [4.78, 5) is 28.8. The van der Waals surface area contributed by atoms with Gasteiger partial charge < -0.3 is 14.8 Å². The second kappa shape index (κ2) is 9.93. The van der Waals surface area contributed by atoms with Gasteiger partial charge in [0, 0.05) is 59.1 Å². The van der Waals surface area contributed by atoms with Gasteiger partial charge in [-0.15, -0.1) is 0 Å². The average Bonchev–Trinajstić information content (AvgIpc) is 3.15. The highest BCUT2D eigenvalue weighted by Crippen LogP contribution is 2.23. The van der Waals surface area contributed by atoms with Gasteiger partial charge in [0.05, 0.1) is 6.54 Å². The summed E-state index contributed by atoms with van der Waals surface area (Å²) in [5.74, 6) is -0.167. The highest BCUT2D eigenvalue weighted by molar-refractivity contribution is 7.89. The van der Waals surface area contributed by atoms with Gasteiger partial charge in [0.1, 0.15) is 10.6 Å². The molecule has 0 radical (unpaired) electrons. The predicted octanol–water partition coefficient (Wildman–Crippen LogP) is 0.484. The molecule has 0 bridgehead atoms. The van der Waals surface area contributed by atoms with Crippen molar-refractivity contribution in [1.82, 2.24) is 24.0 Å². The van der Waals surface area contributed by atoms with Crippen molar-refractivity contribution in [2.75, 3.05) is 52.4 Å². The summed E-state index contributed by atoms with van der Waals surface area (Å²) in [6, 6.07) is 1.50. The molecule has 0 atom stereocenters. The minimum atomic E-state index is -3.57. The fraction of sp³-hybridized carbons (Fsp3) is 0.700. The fourth-order valence-corrected chi connectivity index (χ4v) is 5.53. The lowest BCUT2D eigenvalue weighted by Gasteiger charge is -2.34. The first kappa shape index (κ1) is 22.8. The highest BCUT2D eigenvalue weighted by atomic mass is 32.2. The van der Waals surface area contributed by atoms with Crippen LogP contribution in [0.1, 0.15) is 43.1 Å².